The van der Waals surface area contributed by atoms with Crippen molar-refractivity contribution in [2.24, 2.45) is 5.92 Å². The Balaban J connectivity index is 1.71. The molecule has 0 aliphatic carbocycles. The van der Waals surface area contributed by atoms with Gasteiger partial charge < -0.3 is 15.5 Å². The highest BCUT2D eigenvalue weighted by atomic mass is 16.2. The van der Waals surface area contributed by atoms with E-state index in [9.17, 15) is 9.59 Å². The smallest absolute Gasteiger partial charge is 0.317 e. The molecule has 0 radical (unpaired) electrons. The summed E-state index contributed by atoms with van der Waals surface area (Å²) in [6, 6.07) is 20.0. The maximum Gasteiger partial charge on any atom is 0.317 e. The van der Waals surface area contributed by atoms with E-state index in [0.29, 0.717) is 19.6 Å². The van der Waals surface area contributed by atoms with Crippen molar-refractivity contribution >= 4 is 11.9 Å². The summed E-state index contributed by atoms with van der Waals surface area (Å²) < 4.78 is 0. The number of piperidine rings is 1. The lowest BCUT2D eigenvalue weighted by Gasteiger charge is -2.37. The monoisotopic (exact) mass is 407 g/mol. The van der Waals surface area contributed by atoms with Crippen LogP contribution in [0, 0.1) is 5.92 Å². The summed E-state index contributed by atoms with van der Waals surface area (Å²) in [4.78, 5) is 27.7. The highest BCUT2D eigenvalue weighted by Gasteiger charge is 2.34. The first-order chi connectivity index (χ1) is 14.6. The molecule has 0 spiro atoms. The average molecular weight is 408 g/mol. The molecule has 3 amide bonds. The van der Waals surface area contributed by atoms with Crippen LogP contribution in [0.3, 0.4) is 0 Å². The van der Waals surface area contributed by atoms with E-state index < -0.39 is 0 Å². The van der Waals surface area contributed by atoms with Gasteiger partial charge in [-0.3, -0.25) is 4.79 Å². The van der Waals surface area contributed by atoms with Crippen molar-refractivity contribution in [2.75, 3.05) is 19.6 Å². The van der Waals surface area contributed by atoms with Gasteiger partial charge in [-0.05, 0) is 30.9 Å². The molecule has 1 aliphatic heterocycles. The molecule has 3 rings (SSSR count). The van der Waals surface area contributed by atoms with Crippen LogP contribution in [0.5, 0.6) is 0 Å². The maximum absolute atomic E-state index is 13.1. The Labute approximate surface area is 179 Å². The summed E-state index contributed by atoms with van der Waals surface area (Å²) in [6.45, 7) is 5.87. The fourth-order valence-electron chi connectivity index (χ4n) is 4.06. The van der Waals surface area contributed by atoms with Gasteiger partial charge in [-0.25, -0.2) is 4.79 Å². The number of unbranched alkanes of at least 4 members (excludes halogenated alkanes) is 1. The average Bonchev–Trinajstić information content (AvgIpc) is 2.80. The first kappa shape index (κ1) is 21.9. The number of benzene rings is 2. The lowest BCUT2D eigenvalue weighted by Crippen LogP contribution is -2.51. The van der Waals surface area contributed by atoms with Gasteiger partial charge in [-0.15, -0.1) is 0 Å². The van der Waals surface area contributed by atoms with Gasteiger partial charge in [0.25, 0.3) is 0 Å². The molecule has 2 aromatic rings. The molecule has 1 heterocycles. The molecule has 1 saturated heterocycles. The summed E-state index contributed by atoms with van der Waals surface area (Å²) in [5.74, 6) is -0.0648. The maximum atomic E-state index is 13.1. The molecular formula is C25H33N3O2. The van der Waals surface area contributed by atoms with E-state index >= 15 is 0 Å². The minimum absolute atomic E-state index is 0.0124. The van der Waals surface area contributed by atoms with E-state index in [4.69, 9.17) is 0 Å². The summed E-state index contributed by atoms with van der Waals surface area (Å²) in [5, 5.41) is 6.16. The minimum Gasteiger partial charge on any atom is -0.349 e. The molecular weight excluding hydrogens is 374 g/mol. The van der Waals surface area contributed by atoms with Gasteiger partial charge in [0.1, 0.15) is 0 Å². The first-order valence-corrected chi connectivity index (χ1v) is 11.0. The van der Waals surface area contributed by atoms with Gasteiger partial charge >= 0.3 is 6.03 Å². The number of hydrogen-bond acceptors (Lipinski definition) is 2. The molecule has 160 valence electrons. The van der Waals surface area contributed by atoms with Crippen LogP contribution in [-0.2, 0) is 4.79 Å². The Kier molecular flexibility index (Phi) is 7.89. The van der Waals surface area contributed by atoms with Gasteiger partial charge in [0.15, 0.2) is 0 Å². The van der Waals surface area contributed by atoms with Crippen molar-refractivity contribution in [1.29, 1.82) is 0 Å². The number of amides is 3. The van der Waals surface area contributed by atoms with Crippen LogP contribution in [0.1, 0.15) is 56.2 Å². The fraction of sp³-hybridized carbons (Fsp3) is 0.440. The van der Waals surface area contributed by atoms with Gasteiger partial charge in [0.2, 0.25) is 5.91 Å². The number of carbonyl (C=O) groups is 2. The Morgan fingerprint density at radius 3 is 2.37 bits per heavy atom. The molecule has 5 nitrogen and oxygen atoms in total. The van der Waals surface area contributed by atoms with Gasteiger partial charge in [-0.1, -0.05) is 74.0 Å². The van der Waals surface area contributed by atoms with E-state index in [1.807, 2.05) is 60.4 Å². The van der Waals surface area contributed by atoms with Crippen molar-refractivity contribution < 1.29 is 9.59 Å². The zero-order chi connectivity index (χ0) is 21.3. The molecule has 0 aromatic heterocycles. The van der Waals surface area contributed by atoms with Crippen LogP contribution >= 0.6 is 0 Å². The van der Waals surface area contributed by atoms with Crippen molar-refractivity contribution in [1.82, 2.24) is 15.5 Å². The van der Waals surface area contributed by atoms with E-state index in [-0.39, 0.29) is 29.8 Å². The van der Waals surface area contributed by atoms with Crippen LogP contribution < -0.4 is 10.6 Å². The van der Waals surface area contributed by atoms with Crippen molar-refractivity contribution in [2.45, 2.75) is 45.1 Å². The first-order valence-electron chi connectivity index (χ1n) is 11.0. The Bertz CT molecular complexity index is 810. The van der Waals surface area contributed by atoms with Gasteiger partial charge in [0.05, 0.1) is 12.0 Å². The van der Waals surface area contributed by atoms with Crippen LogP contribution in [0.2, 0.25) is 0 Å². The predicted molar refractivity (Wildman–Crippen MR) is 120 cm³/mol. The van der Waals surface area contributed by atoms with E-state index in [0.717, 1.165) is 24.8 Å². The van der Waals surface area contributed by atoms with Crippen LogP contribution in [0.25, 0.3) is 0 Å². The normalized spacial score (nSPS) is 19.7. The van der Waals surface area contributed by atoms with Crippen molar-refractivity contribution in [3.05, 3.63) is 71.8 Å². The van der Waals surface area contributed by atoms with Crippen LogP contribution in [0.4, 0.5) is 4.79 Å². The molecule has 5 heteroatoms. The molecule has 0 bridgehead atoms. The number of urea groups is 1. The Hall–Kier alpha value is -2.82. The van der Waals surface area contributed by atoms with Gasteiger partial charge in [0, 0.05) is 25.6 Å². The van der Waals surface area contributed by atoms with Crippen molar-refractivity contribution in [3.8, 4) is 0 Å². The number of nitrogens with one attached hydrogen (secondary N) is 2. The molecule has 1 aliphatic rings. The standard InChI is InChI=1S/C25H33N3O2/c1-3-4-15-26-25(30)28-17-22(21-13-9-6-10-14-21)16-23(18-28)24(29)27-19(2)20-11-7-5-8-12-20/h5-14,19,22-23H,3-4,15-18H2,1-2H3,(H,26,30)(H,27,29). The number of rotatable bonds is 7. The van der Waals surface area contributed by atoms with Crippen LogP contribution in [0.15, 0.2) is 60.7 Å². The zero-order valence-electron chi connectivity index (χ0n) is 18.0. The molecule has 3 unspecified atom stereocenters. The lowest BCUT2D eigenvalue weighted by molar-refractivity contribution is -0.127. The number of hydrogen-bond donors (Lipinski definition) is 2. The zero-order valence-corrected chi connectivity index (χ0v) is 18.0. The molecule has 30 heavy (non-hydrogen) atoms. The predicted octanol–water partition coefficient (Wildman–Crippen LogP) is 4.48. The number of likely N-dealkylation sites (tertiary alicyclic amines) is 1. The van der Waals surface area contributed by atoms with E-state index in [1.165, 1.54) is 5.56 Å². The third-order valence-corrected chi connectivity index (χ3v) is 5.84. The highest BCUT2D eigenvalue weighted by Crippen LogP contribution is 2.31. The summed E-state index contributed by atoms with van der Waals surface area (Å²) in [6.07, 6.45) is 2.74. The number of nitrogens with zero attached hydrogens (tertiary/aromatic N) is 1. The Morgan fingerprint density at radius 2 is 1.70 bits per heavy atom. The molecule has 1 fully saturated rings. The van der Waals surface area contributed by atoms with Gasteiger partial charge in [-0.2, -0.15) is 0 Å². The highest BCUT2D eigenvalue weighted by molar-refractivity contribution is 5.81. The molecule has 3 atom stereocenters. The summed E-state index contributed by atoms with van der Waals surface area (Å²) in [7, 11) is 0. The quantitative estimate of drug-likeness (QED) is 0.665. The van der Waals surface area contributed by atoms with E-state index in [1.54, 1.807) is 0 Å². The fourth-order valence-corrected chi connectivity index (χ4v) is 4.06. The third-order valence-electron chi connectivity index (χ3n) is 5.84. The number of carbonyl (C=O) groups excluding carboxylic acids is 2. The minimum atomic E-state index is -0.230. The topological polar surface area (TPSA) is 61.4 Å². The second kappa shape index (κ2) is 10.8. The van der Waals surface area contributed by atoms with Crippen LogP contribution in [-0.4, -0.2) is 36.5 Å². The second-order valence-corrected chi connectivity index (χ2v) is 8.17. The second-order valence-electron chi connectivity index (χ2n) is 8.17. The molecule has 2 N–H and O–H groups in total. The molecule has 0 saturated carbocycles. The summed E-state index contributed by atoms with van der Waals surface area (Å²) >= 11 is 0. The largest absolute Gasteiger partial charge is 0.349 e. The Morgan fingerprint density at radius 1 is 1.03 bits per heavy atom. The third kappa shape index (κ3) is 5.85. The molecule has 2 aromatic carbocycles. The van der Waals surface area contributed by atoms with Crippen molar-refractivity contribution in [3.63, 3.8) is 0 Å². The lowest BCUT2D eigenvalue weighted by atomic mass is 9.84. The SMILES string of the molecule is CCCCNC(=O)N1CC(C(=O)NC(C)c2ccccc2)CC(c2ccccc2)C1. The summed E-state index contributed by atoms with van der Waals surface area (Å²) in [5.41, 5.74) is 2.26. The van der Waals surface area contributed by atoms with E-state index in [2.05, 4.69) is 29.7 Å².